The van der Waals surface area contributed by atoms with E-state index in [1.165, 1.54) is 7.11 Å². The second kappa shape index (κ2) is 11.6. The zero-order valence-corrected chi connectivity index (χ0v) is 21.8. The number of rotatable bonds is 7. The molecule has 5 aromatic rings. The lowest BCUT2D eigenvalue weighted by atomic mass is 10.0. The molecule has 0 aliphatic heterocycles. The summed E-state index contributed by atoms with van der Waals surface area (Å²) in [6, 6.07) is 30.9. The SMILES string of the molecule is COc1ccc(-c2cc3ccccc3oc2=O)cc1NC(=S)NC(=O)c1cccc(OCc2ccccc2)c1. The number of ether oxygens (including phenoxy) is 2. The zero-order valence-electron chi connectivity index (χ0n) is 21.0. The maximum atomic E-state index is 12.9. The third kappa shape index (κ3) is 6.14. The fraction of sp³-hybridized carbons (Fsp3) is 0.0645. The van der Waals surface area contributed by atoms with Crippen LogP contribution in [0.1, 0.15) is 15.9 Å². The molecular formula is C31H24N2O5S. The van der Waals surface area contributed by atoms with Gasteiger partial charge in [-0.05, 0) is 65.8 Å². The molecule has 0 radical (unpaired) electrons. The van der Waals surface area contributed by atoms with Crippen molar-refractivity contribution in [2.24, 2.45) is 0 Å². The van der Waals surface area contributed by atoms with Crippen molar-refractivity contribution in [2.75, 3.05) is 12.4 Å². The minimum atomic E-state index is -0.463. The topological polar surface area (TPSA) is 89.8 Å². The number of amides is 1. The van der Waals surface area contributed by atoms with Gasteiger partial charge in [-0.2, -0.15) is 0 Å². The van der Waals surface area contributed by atoms with Gasteiger partial charge >= 0.3 is 5.63 Å². The van der Waals surface area contributed by atoms with Gasteiger partial charge in [0, 0.05) is 10.9 Å². The molecule has 1 amide bonds. The number of carbonyl (C=O) groups is 1. The lowest BCUT2D eigenvalue weighted by Gasteiger charge is -2.14. The highest BCUT2D eigenvalue weighted by Gasteiger charge is 2.14. The molecule has 0 saturated heterocycles. The molecule has 194 valence electrons. The van der Waals surface area contributed by atoms with E-state index in [1.807, 2.05) is 48.5 Å². The van der Waals surface area contributed by atoms with Crippen LogP contribution in [0.25, 0.3) is 22.1 Å². The number of carbonyl (C=O) groups excluding carboxylic acids is 1. The molecule has 0 aliphatic carbocycles. The maximum Gasteiger partial charge on any atom is 0.344 e. The normalized spacial score (nSPS) is 10.6. The van der Waals surface area contributed by atoms with Crippen molar-refractivity contribution in [3.63, 3.8) is 0 Å². The van der Waals surface area contributed by atoms with Gasteiger partial charge in [-0.3, -0.25) is 10.1 Å². The molecule has 39 heavy (non-hydrogen) atoms. The fourth-order valence-corrected chi connectivity index (χ4v) is 4.24. The van der Waals surface area contributed by atoms with Crippen LogP contribution in [0, 0.1) is 0 Å². The summed E-state index contributed by atoms with van der Waals surface area (Å²) >= 11 is 5.41. The van der Waals surface area contributed by atoms with Crippen LogP contribution in [-0.2, 0) is 6.61 Å². The van der Waals surface area contributed by atoms with Gasteiger partial charge in [0.2, 0.25) is 0 Å². The summed E-state index contributed by atoms with van der Waals surface area (Å²) in [7, 11) is 1.52. The Morgan fingerprint density at radius 1 is 0.897 bits per heavy atom. The molecule has 5 rings (SSSR count). The quantitative estimate of drug-likeness (QED) is 0.190. The molecule has 0 fully saturated rings. The third-order valence-electron chi connectivity index (χ3n) is 5.97. The predicted octanol–water partition coefficient (Wildman–Crippen LogP) is 6.17. The van der Waals surface area contributed by atoms with Crippen molar-refractivity contribution >= 4 is 39.9 Å². The number of benzene rings is 4. The minimum absolute atomic E-state index is 0.0663. The number of nitrogens with one attached hydrogen (secondary N) is 2. The third-order valence-corrected chi connectivity index (χ3v) is 6.18. The van der Waals surface area contributed by atoms with Crippen LogP contribution in [0.4, 0.5) is 5.69 Å². The first-order valence-corrected chi connectivity index (χ1v) is 12.5. The molecule has 0 bridgehead atoms. The Labute approximate surface area is 230 Å². The van der Waals surface area contributed by atoms with Gasteiger partial charge in [-0.15, -0.1) is 0 Å². The molecule has 1 heterocycles. The number of hydrogen-bond donors (Lipinski definition) is 2. The van der Waals surface area contributed by atoms with E-state index >= 15 is 0 Å². The Morgan fingerprint density at radius 3 is 2.51 bits per heavy atom. The first-order chi connectivity index (χ1) is 19.0. The molecular weight excluding hydrogens is 512 g/mol. The van der Waals surface area contributed by atoms with Crippen molar-refractivity contribution in [2.45, 2.75) is 6.61 Å². The van der Waals surface area contributed by atoms with Crippen LogP contribution in [-0.4, -0.2) is 18.1 Å². The standard InChI is InChI=1S/C31H24N2O5S/c1-36-28-15-14-21(25-17-22-10-5-6-13-27(22)38-30(25)35)18-26(28)32-31(39)33-29(34)23-11-7-12-24(16-23)37-19-20-8-3-2-4-9-20/h2-18H,19H2,1H3,(H2,32,33,34,39). The van der Waals surface area contributed by atoms with E-state index in [0.717, 1.165) is 10.9 Å². The molecule has 0 unspecified atom stereocenters. The summed E-state index contributed by atoms with van der Waals surface area (Å²) in [6.07, 6.45) is 0. The van der Waals surface area contributed by atoms with E-state index in [1.54, 1.807) is 54.6 Å². The van der Waals surface area contributed by atoms with E-state index < -0.39 is 11.5 Å². The van der Waals surface area contributed by atoms with Crippen LogP contribution < -0.4 is 25.7 Å². The van der Waals surface area contributed by atoms with E-state index in [0.29, 0.717) is 46.1 Å². The van der Waals surface area contributed by atoms with Crippen molar-refractivity contribution in [1.29, 1.82) is 0 Å². The molecule has 2 N–H and O–H groups in total. The number of anilines is 1. The highest BCUT2D eigenvalue weighted by atomic mass is 32.1. The van der Waals surface area contributed by atoms with Crippen LogP contribution >= 0.6 is 12.2 Å². The number of para-hydroxylation sites is 1. The van der Waals surface area contributed by atoms with Crippen molar-refractivity contribution in [3.8, 4) is 22.6 Å². The highest BCUT2D eigenvalue weighted by molar-refractivity contribution is 7.80. The Hall–Kier alpha value is -4.95. The van der Waals surface area contributed by atoms with Gasteiger partial charge in [0.25, 0.3) is 5.91 Å². The Kier molecular flexibility index (Phi) is 7.65. The smallest absolute Gasteiger partial charge is 0.344 e. The monoisotopic (exact) mass is 536 g/mol. The Morgan fingerprint density at radius 2 is 1.69 bits per heavy atom. The Bertz CT molecular complexity index is 1720. The number of methoxy groups -OCH3 is 1. The Balaban J connectivity index is 1.30. The summed E-state index contributed by atoms with van der Waals surface area (Å²) in [4.78, 5) is 25.6. The van der Waals surface area contributed by atoms with Gasteiger partial charge in [0.1, 0.15) is 23.7 Å². The van der Waals surface area contributed by atoms with Crippen molar-refractivity contribution in [3.05, 3.63) is 125 Å². The first kappa shape index (κ1) is 25.7. The molecule has 1 aromatic heterocycles. The molecule has 0 saturated carbocycles. The molecule has 4 aromatic carbocycles. The molecule has 8 heteroatoms. The van der Waals surface area contributed by atoms with Crippen molar-refractivity contribution in [1.82, 2.24) is 5.32 Å². The van der Waals surface area contributed by atoms with Gasteiger partial charge in [0.15, 0.2) is 5.11 Å². The number of fused-ring (bicyclic) bond motifs is 1. The second-order valence-electron chi connectivity index (χ2n) is 8.61. The largest absolute Gasteiger partial charge is 0.495 e. The summed E-state index contributed by atoms with van der Waals surface area (Å²) in [5.41, 5.74) is 2.94. The van der Waals surface area contributed by atoms with Gasteiger partial charge < -0.3 is 19.2 Å². The van der Waals surface area contributed by atoms with Crippen LogP contribution in [0.2, 0.25) is 0 Å². The van der Waals surface area contributed by atoms with Crippen LogP contribution in [0.15, 0.2) is 112 Å². The maximum absolute atomic E-state index is 12.9. The van der Waals surface area contributed by atoms with E-state index in [2.05, 4.69) is 10.6 Å². The van der Waals surface area contributed by atoms with E-state index in [-0.39, 0.29) is 5.11 Å². The van der Waals surface area contributed by atoms with Gasteiger partial charge in [-0.25, -0.2) is 4.79 Å². The highest BCUT2D eigenvalue weighted by Crippen LogP contribution is 2.30. The fourth-order valence-electron chi connectivity index (χ4n) is 4.03. The summed E-state index contributed by atoms with van der Waals surface area (Å²) in [5, 5.41) is 6.55. The van der Waals surface area contributed by atoms with Gasteiger partial charge in [0.05, 0.1) is 18.4 Å². The average Bonchev–Trinajstić information content (AvgIpc) is 2.96. The van der Waals surface area contributed by atoms with E-state index in [9.17, 15) is 9.59 Å². The van der Waals surface area contributed by atoms with Crippen LogP contribution in [0.3, 0.4) is 0 Å². The number of hydrogen-bond acceptors (Lipinski definition) is 6. The zero-order chi connectivity index (χ0) is 27.2. The number of thiocarbonyl (C=S) groups is 1. The van der Waals surface area contributed by atoms with Crippen LogP contribution in [0.5, 0.6) is 11.5 Å². The lowest BCUT2D eigenvalue weighted by Crippen LogP contribution is -2.34. The minimum Gasteiger partial charge on any atom is -0.495 e. The molecule has 0 atom stereocenters. The average molecular weight is 537 g/mol. The second-order valence-corrected chi connectivity index (χ2v) is 9.02. The molecule has 0 spiro atoms. The lowest BCUT2D eigenvalue weighted by molar-refractivity contribution is 0.0977. The predicted molar refractivity (Wildman–Crippen MR) is 155 cm³/mol. The van der Waals surface area contributed by atoms with Crippen molar-refractivity contribution < 1.29 is 18.7 Å². The molecule has 0 aliphatic rings. The summed E-state index contributed by atoms with van der Waals surface area (Å²) in [5.74, 6) is 0.647. The van der Waals surface area contributed by atoms with Gasteiger partial charge in [-0.1, -0.05) is 60.7 Å². The molecule has 7 nitrogen and oxygen atoms in total. The summed E-state index contributed by atoms with van der Waals surface area (Å²) < 4.78 is 16.8. The van der Waals surface area contributed by atoms with E-state index in [4.69, 9.17) is 26.1 Å². The first-order valence-electron chi connectivity index (χ1n) is 12.1. The summed E-state index contributed by atoms with van der Waals surface area (Å²) in [6.45, 7) is 0.386.